The van der Waals surface area contributed by atoms with Crippen molar-refractivity contribution in [2.24, 2.45) is 0 Å². The lowest BCUT2D eigenvalue weighted by Gasteiger charge is -2.08. The van der Waals surface area contributed by atoms with E-state index in [9.17, 15) is 22.4 Å². The molecule has 2 aromatic rings. The van der Waals surface area contributed by atoms with Gasteiger partial charge in [-0.1, -0.05) is 24.3 Å². The molecule has 0 spiro atoms. The summed E-state index contributed by atoms with van der Waals surface area (Å²) in [5.74, 6) is -1.26. The van der Waals surface area contributed by atoms with Crippen LogP contribution in [0, 0.1) is 5.82 Å². The Bertz CT molecular complexity index is 617. The number of benzene rings is 2. The Balaban J connectivity index is 2.40. The minimum absolute atomic E-state index is 0.0133. The molecule has 0 N–H and O–H groups in total. The van der Waals surface area contributed by atoms with Gasteiger partial charge in [0.15, 0.2) is 5.78 Å². The fourth-order valence-corrected chi connectivity index (χ4v) is 1.63. The van der Waals surface area contributed by atoms with Gasteiger partial charge >= 0.3 is 6.18 Å². The zero-order chi connectivity index (χ0) is 14.0. The smallest absolute Gasteiger partial charge is 0.289 e. The highest BCUT2D eigenvalue weighted by Gasteiger charge is 2.30. The molecule has 0 bridgehead atoms. The molecule has 2 rings (SSSR count). The molecule has 2 aromatic carbocycles. The number of rotatable bonds is 2. The van der Waals surface area contributed by atoms with Crippen molar-refractivity contribution in [2.75, 3.05) is 0 Å². The molecule has 0 heterocycles. The summed E-state index contributed by atoms with van der Waals surface area (Å²) in [7, 11) is 0. The quantitative estimate of drug-likeness (QED) is 0.592. The van der Waals surface area contributed by atoms with E-state index < -0.39 is 23.3 Å². The van der Waals surface area contributed by atoms with E-state index in [4.69, 9.17) is 0 Å². The molecular weight excluding hydrogens is 260 g/mol. The summed E-state index contributed by atoms with van der Waals surface area (Å²) in [5, 5.41) is 0. The Morgan fingerprint density at radius 3 is 2.05 bits per heavy atom. The van der Waals surface area contributed by atoms with Crippen LogP contribution in [0.15, 0.2) is 48.5 Å². The van der Waals surface area contributed by atoms with Crippen molar-refractivity contribution in [1.82, 2.24) is 0 Å². The Morgan fingerprint density at radius 2 is 1.47 bits per heavy atom. The van der Waals surface area contributed by atoms with E-state index in [1.165, 1.54) is 18.2 Å². The van der Waals surface area contributed by atoms with Crippen LogP contribution < -0.4 is 0 Å². The standard InChI is InChI=1S/C14H8F4O/c15-12-6-2-4-10(8-12)13(19)9-3-1-5-11(7-9)14(16,17)18/h1-8H. The molecule has 0 fully saturated rings. The predicted octanol–water partition coefficient (Wildman–Crippen LogP) is 4.08. The van der Waals surface area contributed by atoms with E-state index >= 15 is 0 Å². The summed E-state index contributed by atoms with van der Waals surface area (Å²) in [4.78, 5) is 11.9. The van der Waals surface area contributed by atoms with E-state index in [1.807, 2.05) is 0 Å². The molecule has 0 aliphatic rings. The van der Waals surface area contributed by atoms with Crippen molar-refractivity contribution in [3.05, 3.63) is 71.0 Å². The van der Waals surface area contributed by atoms with E-state index in [0.717, 1.165) is 30.3 Å². The van der Waals surface area contributed by atoms with E-state index in [2.05, 4.69) is 0 Å². The zero-order valence-electron chi connectivity index (χ0n) is 9.54. The van der Waals surface area contributed by atoms with Crippen molar-refractivity contribution in [3.63, 3.8) is 0 Å². The highest BCUT2D eigenvalue weighted by molar-refractivity contribution is 6.09. The van der Waals surface area contributed by atoms with Gasteiger partial charge in [0.1, 0.15) is 5.82 Å². The van der Waals surface area contributed by atoms with Crippen LogP contribution in [0.25, 0.3) is 0 Å². The molecule has 19 heavy (non-hydrogen) atoms. The van der Waals surface area contributed by atoms with Crippen LogP contribution in [-0.2, 0) is 6.18 Å². The molecule has 0 aromatic heterocycles. The average molecular weight is 268 g/mol. The SMILES string of the molecule is O=C(c1cccc(F)c1)c1cccc(C(F)(F)F)c1. The second kappa shape index (κ2) is 4.84. The van der Waals surface area contributed by atoms with E-state index in [1.54, 1.807) is 0 Å². The fourth-order valence-electron chi connectivity index (χ4n) is 1.63. The van der Waals surface area contributed by atoms with Crippen molar-refractivity contribution >= 4 is 5.78 Å². The summed E-state index contributed by atoms with van der Waals surface area (Å²) in [6.45, 7) is 0. The normalized spacial score (nSPS) is 11.4. The van der Waals surface area contributed by atoms with Gasteiger partial charge in [-0.05, 0) is 24.3 Å². The molecule has 0 radical (unpaired) electrons. The lowest BCUT2D eigenvalue weighted by molar-refractivity contribution is -0.137. The molecule has 0 atom stereocenters. The van der Waals surface area contributed by atoms with Gasteiger partial charge < -0.3 is 0 Å². The van der Waals surface area contributed by atoms with Crippen LogP contribution in [0.5, 0.6) is 0 Å². The lowest BCUT2D eigenvalue weighted by Crippen LogP contribution is -2.08. The lowest BCUT2D eigenvalue weighted by atomic mass is 10.0. The first-order valence-electron chi connectivity index (χ1n) is 5.35. The number of halogens is 4. The number of carbonyl (C=O) groups excluding carboxylic acids is 1. The van der Waals surface area contributed by atoms with Gasteiger partial charge in [-0.25, -0.2) is 4.39 Å². The second-order valence-electron chi connectivity index (χ2n) is 3.92. The molecule has 98 valence electrons. The van der Waals surface area contributed by atoms with E-state index in [0.29, 0.717) is 0 Å². The van der Waals surface area contributed by atoms with Crippen LogP contribution in [0.2, 0.25) is 0 Å². The maximum atomic E-state index is 13.0. The zero-order valence-corrected chi connectivity index (χ0v) is 9.54. The van der Waals surface area contributed by atoms with Crippen molar-refractivity contribution < 1.29 is 22.4 Å². The van der Waals surface area contributed by atoms with Crippen LogP contribution in [0.3, 0.4) is 0 Å². The van der Waals surface area contributed by atoms with Crippen molar-refractivity contribution in [3.8, 4) is 0 Å². The summed E-state index contributed by atoms with van der Waals surface area (Å²) in [6, 6.07) is 8.88. The fraction of sp³-hybridized carbons (Fsp3) is 0.0714. The van der Waals surface area contributed by atoms with Gasteiger partial charge in [-0.3, -0.25) is 4.79 Å². The molecule has 5 heteroatoms. The summed E-state index contributed by atoms with van der Waals surface area (Å²) < 4.78 is 50.6. The van der Waals surface area contributed by atoms with Gasteiger partial charge in [-0.2, -0.15) is 13.2 Å². The Labute approximate surface area is 106 Å². The van der Waals surface area contributed by atoms with Crippen molar-refractivity contribution in [1.29, 1.82) is 0 Å². The first kappa shape index (κ1) is 13.3. The third-order valence-electron chi connectivity index (χ3n) is 2.54. The van der Waals surface area contributed by atoms with Gasteiger partial charge in [0, 0.05) is 11.1 Å². The second-order valence-corrected chi connectivity index (χ2v) is 3.92. The van der Waals surface area contributed by atoms with Crippen LogP contribution in [0.1, 0.15) is 21.5 Å². The van der Waals surface area contributed by atoms with E-state index in [-0.39, 0.29) is 11.1 Å². The predicted molar refractivity (Wildman–Crippen MR) is 61.3 cm³/mol. The molecular formula is C14H8F4O. The molecule has 0 unspecified atom stereocenters. The minimum atomic E-state index is -4.52. The van der Waals surface area contributed by atoms with Crippen LogP contribution in [0.4, 0.5) is 17.6 Å². The number of hydrogen-bond acceptors (Lipinski definition) is 1. The maximum absolute atomic E-state index is 13.0. The molecule has 0 saturated heterocycles. The van der Waals surface area contributed by atoms with Gasteiger partial charge in [0.05, 0.1) is 5.56 Å². The van der Waals surface area contributed by atoms with Gasteiger partial charge in [0.25, 0.3) is 0 Å². The third kappa shape index (κ3) is 2.99. The molecule has 0 saturated carbocycles. The molecule has 0 aliphatic heterocycles. The van der Waals surface area contributed by atoms with Crippen LogP contribution >= 0.6 is 0 Å². The number of alkyl halides is 3. The van der Waals surface area contributed by atoms with Crippen molar-refractivity contribution in [2.45, 2.75) is 6.18 Å². The Hall–Kier alpha value is -2.17. The topological polar surface area (TPSA) is 17.1 Å². The summed E-state index contributed by atoms with van der Waals surface area (Å²) in [5.41, 5.74) is -1.02. The minimum Gasteiger partial charge on any atom is -0.289 e. The number of ketones is 1. The monoisotopic (exact) mass is 268 g/mol. The third-order valence-corrected chi connectivity index (χ3v) is 2.54. The average Bonchev–Trinajstić information content (AvgIpc) is 2.37. The maximum Gasteiger partial charge on any atom is 0.416 e. The van der Waals surface area contributed by atoms with Gasteiger partial charge in [0.2, 0.25) is 0 Å². The number of carbonyl (C=O) groups is 1. The Kier molecular flexibility index (Phi) is 3.38. The Morgan fingerprint density at radius 1 is 0.895 bits per heavy atom. The highest BCUT2D eigenvalue weighted by Crippen LogP contribution is 2.30. The first-order chi connectivity index (χ1) is 8.88. The number of hydrogen-bond donors (Lipinski definition) is 0. The first-order valence-corrected chi connectivity index (χ1v) is 5.35. The summed E-state index contributed by atoms with van der Waals surface area (Å²) in [6.07, 6.45) is -4.52. The largest absolute Gasteiger partial charge is 0.416 e. The molecule has 0 aliphatic carbocycles. The van der Waals surface area contributed by atoms with Crippen LogP contribution in [-0.4, -0.2) is 5.78 Å². The molecule has 0 amide bonds. The van der Waals surface area contributed by atoms with Gasteiger partial charge in [-0.15, -0.1) is 0 Å². The summed E-state index contributed by atoms with van der Waals surface area (Å²) >= 11 is 0. The highest BCUT2D eigenvalue weighted by atomic mass is 19.4. The molecule has 1 nitrogen and oxygen atoms in total.